The van der Waals surface area contributed by atoms with Crippen LogP contribution in [0.15, 0.2) is 29.6 Å². The van der Waals surface area contributed by atoms with E-state index in [4.69, 9.17) is 4.74 Å². The smallest absolute Gasteiger partial charge is 0.236 e. The minimum Gasteiger partial charge on any atom is -0.486 e. The van der Waals surface area contributed by atoms with Crippen LogP contribution in [0.5, 0.6) is 5.75 Å². The number of likely N-dealkylation sites (tertiary alicyclic amines) is 1. The van der Waals surface area contributed by atoms with Crippen molar-refractivity contribution in [3.05, 3.63) is 45.9 Å². The average molecular weight is 457 g/mol. The van der Waals surface area contributed by atoms with E-state index in [2.05, 4.69) is 9.88 Å². The summed E-state index contributed by atoms with van der Waals surface area (Å²) in [5.41, 5.74) is 1.99. The summed E-state index contributed by atoms with van der Waals surface area (Å²) in [4.78, 5) is 35.8. The van der Waals surface area contributed by atoms with Crippen molar-refractivity contribution in [3.63, 3.8) is 0 Å². The van der Waals surface area contributed by atoms with Gasteiger partial charge in [-0.25, -0.2) is 4.98 Å². The van der Waals surface area contributed by atoms with Crippen molar-refractivity contribution in [1.29, 1.82) is 0 Å². The lowest BCUT2D eigenvalue weighted by Crippen LogP contribution is -2.52. The van der Waals surface area contributed by atoms with E-state index in [1.165, 1.54) is 23.3 Å². The van der Waals surface area contributed by atoms with E-state index < -0.39 is 0 Å². The van der Waals surface area contributed by atoms with E-state index in [1.54, 1.807) is 0 Å². The van der Waals surface area contributed by atoms with Gasteiger partial charge in [-0.15, -0.1) is 11.3 Å². The summed E-state index contributed by atoms with van der Waals surface area (Å²) in [6, 6.07) is 7.94. The average Bonchev–Trinajstić information content (AvgIpc) is 3.27. The van der Waals surface area contributed by atoms with Gasteiger partial charge in [-0.05, 0) is 38.3 Å². The number of aromatic nitrogens is 1. The monoisotopic (exact) mass is 456 g/mol. The summed E-state index contributed by atoms with van der Waals surface area (Å²) in [6.07, 6.45) is 3.77. The summed E-state index contributed by atoms with van der Waals surface area (Å²) >= 11 is 1.52. The van der Waals surface area contributed by atoms with Gasteiger partial charge in [0, 0.05) is 44.6 Å². The highest BCUT2D eigenvalue weighted by molar-refractivity contribution is 7.09. The van der Waals surface area contributed by atoms with Crippen LogP contribution in [0.25, 0.3) is 0 Å². The molecule has 0 N–H and O–H groups in total. The first-order valence-corrected chi connectivity index (χ1v) is 12.4. The Bertz CT molecular complexity index is 900. The molecule has 2 aromatic rings. The summed E-state index contributed by atoms with van der Waals surface area (Å²) in [6.45, 7) is 7.54. The number of benzene rings is 1. The number of ether oxygens (including phenoxy) is 1. The minimum atomic E-state index is 0.100. The first-order chi connectivity index (χ1) is 15.6. The zero-order valence-corrected chi connectivity index (χ0v) is 19.6. The second kappa shape index (κ2) is 10.9. The van der Waals surface area contributed by atoms with Crippen LogP contribution in [0.3, 0.4) is 0 Å². The minimum absolute atomic E-state index is 0.100. The van der Waals surface area contributed by atoms with Crippen LogP contribution >= 0.6 is 11.3 Å². The molecule has 8 heteroatoms. The fraction of sp³-hybridized carbons (Fsp3) is 0.542. The lowest BCUT2D eigenvalue weighted by molar-refractivity contribution is -0.135. The van der Waals surface area contributed by atoms with Gasteiger partial charge < -0.3 is 14.5 Å². The van der Waals surface area contributed by atoms with Crippen molar-refractivity contribution in [3.8, 4) is 5.75 Å². The maximum absolute atomic E-state index is 12.7. The van der Waals surface area contributed by atoms with Crippen molar-refractivity contribution in [2.24, 2.45) is 0 Å². The molecule has 4 rings (SSSR count). The first kappa shape index (κ1) is 22.7. The van der Waals surface area contributed by atoms with Crippen LogP contribution < -0.4 is 4.74 Å². The van der Waals surface area contributed by atoms with Gasteiger partial charge in [0.2, 0.25) is 11.8 Å². The maximum Gasteiger partial charge on any atom is 0.236 e. The molecule has 0 spiro atoms. The summed E-state index contributed by atoms with van der Waals surface area (Å²) in [7, 11) is 0. The highest BCUT2D eigenvalue weighted by atomic mass is 32.1. The van der Waals surface area contributed by atoms with Crippen LogP contribution in [-0.4, -0.2) is 77.3 Å². The van der Waals surface area contributed by atoms with Gasteiger partial charge in [-0.3, -0.25) is 14.5 Å². The summed E-state index contributed by atoms with van der Waals surface area (Å²) in [5, 5.41) is 2.81. The van der Waals surface area contributed by atoms with Crippen LogP contribution in [0.4, 0.5) is 0 Å². The van der Waals surface area contributed by atoms with E-state index in [9.17, 15) is 9.59 Å². The predicted molar refractivity (Wildman–Crippen MR) is 125 cm³/mol. The third-order valence-corrected chi connectivity index (χ3v) is 6.98. The molecular weight excluding hydrogens is 424 g/mol. The van der Waals surface area contributed by atoms with E-state index in [0.717, 1.165) is 55.5 Å². The van der Waals surface area contributed by atoms with E-state index in [0.29, 0.717) is 32.7 Å². The number of hydrogen-bond acceptors (Lipinski definition) is 6. The predicted octanol–water partition coefficient (Wildman–Crippen LogP) is 2.73. The fourth-order valence-corrected chi connectivity index (χ4v) is 4.84. The Morgan fingerprint density at radius 2 is 1.62 bits per heavy atom. The van der Waals surface area contributed by atoms with Crippen molar-refractivity contribution in [1.82, 2.24) is 19.7 Å². The number of aryl methyl sites for hydroxylation is 1. The number of nitrogens with zero attached hydrogens (tertiary/aromatic N) is 4. The molecule has 0 aliphatic carbocycles. The van der Waals surface area contributed by atoms with E-state index in [1.807, 2.05) is 46.4 Å². The molecule has 0 atom stereocenters. The van der Waals surface area contributed by atoms with Crippen molar-refractivity contribution >= 4 is 23.2 Å². The Morgan fingerprint density at radius 1 is 0.938 bits per heavy atom. The molecule has 7 nitrogen and oxygen atoms in total. The second-order valence-corrected chi connectivity index (χ2v) is 9.55. The van der Waals surface area contributed by atoms with Gasteiger partial charge in [-0.2, -0.15) is 0 Å². The lowest BCUT2D eigenvalue weighted by atomic mass is 10.1. The van der Waals surface area contributed by atoms with E-state index in [-0.39, 0.29) is 11.8 Å². The summed E-state index contributed by atoms with van der Waals surface area (Å²) < 4.78 is 5.78. The SMILES string of the molecule is Cc1ccc(OCc2nc(CC(=O)N3CCN(CC(=O)N4CCCCC4)CC3)cs2)cc1. The molecule has 3 heterocycles. The Hall–Kier alpha value is -2.45. The number of amides is 2. The number of hydrogen-bond donors (Lipinski definition) is 0. The molecule has 1 aromatic heterocycles. The largest absolute Gasteiger partial charge is 0.486 e. The Morgan fingerprint density at radius 3 is 2.34 bits per heavy atom. The third kappa shape index (κ3) is 6.29. The maximum atomic E-state index is 12.7. The molecule has 2 aliphatic rings. The molecule has 32 heavy (non-hydrogen) atoms. The van der Waals surface area contributed by atoms with Crippen LogP contribution in [-0.2, 0) is 22.6 Å². The third-order valence-electron chi connectivity index (χ3n) is 6.11. The molecule has 0 saturated carbocycles. The molecule has 2 fully saturated rings. The van der Waals surface area contributed by atoms with Crippen LogP contribution in [0.2, 0.25) is 0 Å². The molecule has 1 aromatic carbocycles. The van der Waals surface area contributed by atoms with Gasteiger partial charge in [0.05, 0.1) is 18.7 Å². The normalized spacial score (nSPS) is 17.4. The molecular formula is C24H32N4O3S. The molecule has 172 valence electrons. The number of rotatable bonds is 7. The first-order valence-electron chi connectivity index (χ1n) is 11.5. The van der Waals surface area contributed by atoms with Gasteiger partial charge in [0.1, 0.15) is 17.4 Å². The standard InChI is InChI=1S/C24H32N4O3S/c1-19-5-7-21(8-6-19)31-17-22-25-20(18-32-22)15-23(29)28-13-11-26(12-14-28)16-24(30)27-9-3-2-4-10-27/h5-8,18H,2-4,9-17H2,1H3. The molecule has 0 radical (unpaired) electrons. The zero-order valence-electron chi connectivity index (χ0n) is 18.8. The fourth-order valence-electron chi connectivity index (χ4n) is 4.13. The molecule has 2 saturated heterocycles. The van der Waals surface area contributed by atoms with Crippen molar-refractivity contribution < 1.29 is 14.3 Å². The van der Waals surface area contributed by atoms with Crippen molar-refractivity contribution in [2.75, 3.05) is 45.8 Å². The number of thiazole rings is 1. The van der Waals surface area contributed by atoms with Crippen LogP contribution in [0, 0.1) is 6.92 Å². The number of carbonyl (C=O) groups is 2. The summed E-state index contributed by atoms with van der Waals surface area (Å²) in [5.74, 6) is 1.15. The lowest BCUT2D eigenvalue weighted by Gasteiger charge is -2.36. The van der Waals surface area contributed by atoms with Crippen molar-refractivity contribution in [2.45, 2.75) is 39.2 Å². The van der Waals surface area contributed by atoms with Gasteiger partial charge in [-0.1, -0.05) is 17.7 Å². The highest BCUT2D eigenvalue weighted by Gasteiger charge is 2.25. The van der Waals surface area contributed by atoms with Gasteiger partial charge >= 0.3 is 0 Å². The molecule has 0 unspecified atom stereocenters. The Labute approximate surface area is 194 Å². The second-order valence-electron chi connectivity index (χ2n) is 8.61. The number of piperazine rings is 1. The number of piperidine rings is 1. The topological polar surface area (TPSA) is 66.0 Å². The number of carbonyl (C=O) groups excluding carboxylic acids is 2. The quantitative estimate of drug-likeness (QED) is 0.641. The van der Waals surface area contributed by atoms with Crippen LogP contribution in [0.1, 0.15) is 35.5 Å². The van der Waals surface area contributed by atoms with E-state index >= 15 is 0 Å². The molecule has 2 amide bonds. The molecule has 2 aliphatic heterocycles. The van der Waals surface area contributed by atoms with Gasteiger partial charge in [0.15, 0.2) is 0 Å². The van der Waals surface area contributed by atoms with Gasteiger partial charge in [0.25, 0.3) is 0 Å². The molecule has 0 bridgehead atoms. The Kier molecular flexibility index (Phi) is 7.76. The highest BCUT2D eigenvalue weighted by Crippen LogP contribution is 2.17. The zero-order chi connectivity index (χ0) is 22.3. The Balaban J connectivity index is 1.18.